The zero-order chi connectivity index (χ0) is 15.1. The minimum absolute atomic E-state index is 0.0540. The van der Waals surface area contributed by atoms with Crippen molar-refractivity contribution in [1.29, 1.82) is 0 Å². The first-order valence-electron chi connectivity index (χ1n) is 6.68. The van der Waals surface area contributed by atoms with Gasteiger partial charge in [-0.15, -0.1) is 0 Å². The number of nitrogens with one attached hydrogen (secondary N) is 1. The van der Waals surface area contributed by atoms with Crippen LogP contribution in [0.25, 0.3) is 0 Å². The van der Waals surface area contributed by atoms with E-state index in [-0.39, 0.29) is 17.1 Å². The van der Waals surface area contributed by atoms with E-state index in [0.717, 1.165) is 18.9 Å². The minimum atomic E-state index is -1.40. The molecule has 1 aromatic carbocycles. The summed E-state index contributed by atoms with van der Waals surface area (Å²) in [6, 6.07) is 1.72. The molecule has 0 amide bonds. The van der Waals surface area contributed by atoms with Crippen LogP contribution in [0.3, 0.4) is 0 Å². The summed E-state index contributed by atoms with van der Waals surface area (Å²) < 4.78 is 27.1. The number of hydrogen-bond donors (Lipinski definition) is 2. The first-order chi connectivity index (χ1) is 9.19. The molecule has 1 aromatic rings. The van der Waals surface area contributed by atoms with Crippen molar-refractivity contribution in [3.05, 3.63) is 29.3 Å². The quantitative estimate of drug-likeness (QED) is 0.884. The number of carboxylic acid groups (broad SMARTS) is 1. The molecule has 1 aliphatic rings. The number of anilines is 1. The van der Waals surface area contributed by atoms with Crippen molar-refractivity contribution in [3.63, 3.8) is 0 Å². The molecular weight excluding hydrogens is 264 g/mol. The molecule has 2 unspecified atom stereocenters. The molecule has 1 fully saturated rings. The lowest BCUT2D eigenvalue weighted by Crippen LogP contribution is -2.23. The lowest BCUT2D eigenvalue weighted by Gasteiger charge is -2.20. The molecule has 0 saturated heterocycles. The molecule has 0 aromatic heterocycles. The molecule has 110 valence electrons. The second kappa shape index (κ2) is 5.04. The molecule has 1 saturated carbocycles. The van der Waals surface area contributed by atoms with Gasteiger partial charge >= 0.3 is 5.97 Å². The second-order valence-electron chi connectivity index (χ2n) is 6.42. The Morgan fingerprint density at radius 1 is 1.30 bits per heavy atom. The molecule has 3 nitrogen and oxygen atoms in total. The van der Waals surface area contributed by atoms with Crippen molar-refractivity contribution in [2.45, 2.75) is 39.7 Å². The second-order valence-corrected chi connectivity index (χ2v) is 6.42. The van der Waals surface area contributed by atoms with Crippen molar-refractivity contribution in [1.82, 2.24) is 0 Å². The Kier molecular flexibility index (Phi) is 3.71. The van der Waals surface area contributed by atoms with Crippen LogP contribution in [0.5, 0.6) is 0 Å². The van der Waals surface area contributed by atoms with Crippen molar-refractivity contribution < 1.29 is 18.7 Å². The van der Waals surface area contributed by atoms with Gasteiger partial charge in [-0.1, -0.05) is 20.8 Å². The molecule has 0 radical (unpaired) electrons. The van der Waals surface area contributed by atoms with E-state index in [0.29, 0.717) is 12.0 Å². The molecular formula is C15H19F2NO2. The van der Waals surface area contributed by atoms with Gasteiger partial charge in [0.1, 0.15) is 11.6 Å². The van der Waals surface area contributed by atoms with Gasteiger partial charge in [-0.05, 0) is 30.2 Å². The fraction of sp³-hybridized carbons (Fsp3) is 0.533. The van der Waals surface area contributed by atoms with Crippen LogP contribution in [0.4, 0.5) is 14.5 Å². The number of aromatic carboxylic acids is 1. The van der Waals surface area contributed by atoms with Gasteiger partial charge in [0.05, 0.1) is 11.3 Å². The molecule has 0 bridgehead atoms. The largest absolute Gasteiger partial charge is 0.478 e. The topological polar surface area (TPSA) is 49.3 Å². The molecule has 1 aliphatic carbocycles. The average Bonchev–Trinajstić information content (AvgIpc) is 2.55. The maximum absolute atomic E-state index is 13.8. The van der Waals surface area contributed by atoms with E-state index in [2.05, 4.69) is 26.1 Å². The van der Waals surface area contributed by atoms with Gasteiger partial charge in [-0.3, -0.25) is 0 Å². The van der Waals surface area contributed by atoms with Gasteiger partial charge in [0.25, 0.3) is 0 Å². The van der Waals surface area contributed by atoms with Gasteiger partial charge in [-0.2, -0.15) is 0 Å². The van der Waals surface area contributed by atoms with Gasteiger partial charge in [0.2, 0.25) is 0 Å². The van der Waals surface area contributed by atoms with E-state index in [4.69, 9.17) is 5.11 Å². The molecule has 0 spiro atoms. The summed E-state index contributed by atoms with van der Waals surface area (Å²) >= 11 is 0. The smallest absolute Gasteiger partial charge is 0.338 e. The summed E-state index contributed by atoms with van der Waals surface area (Å²) in [5.41, 5.74) is -0.291. The highest BCUT2D eigenvalue weighted by Gasteiger charge is 2.37. The highest BCUT2D eigenvalue weighted by molar-refractivity contribution is 5.89. The van der Waals surface area contributed by atoms with E-state index in [1.807, 2.05) is 0 Å². The van der Waals surface area contributed by atoms with Crippen molar-refractivity contribution in [3.8, 4) is 0 Å². The zero-order valence-corrected chi connectivity index (χ0v) is 11.8. The van der Waals surface area contributed by atoms with E-state index in [1.165, 1.54) is 0 Å². The third kappa shape index (κ3) is 2.92. The van der Waals surface area contributed by atoms with Crippen LogP contribution in [0.1, 0.15) is 44.0 Å². The van der Waals surface area contributed by atoms with Crippen molar-refractivity contribution in [2.24, 2.45) is 11.3 Å². The predicted molar refractivity (Wildman–Crippen MR) is 72.9 cm³/mol. The Labute approximate surface area is 117 Å². The Morgan fingerprint density at radius 2 is 1.95 bits per heavy atom. The lowest BCUT2D eigenvalue weighted by atomic mass is 9.91. The van der Waals surface area contributed by atoms with Crippen molar-refractivity contribution in [2.75, 3.05) is 5.32 Å². The molecule has 2 atom stereocenters. The Morgan fingerprint density at radius 3 is 2.45 bits per heavy atom. The molecule has 5 heteroatoms. The van der Waals surface area contributed by atoms with E-state index in [9.17, 15) is 13.6 Å². The molecule has 2 N–H and O–H groups in total. The van der Waals surface area contributed by atoms with Crippen LogP contribution in [0.2, 0.25) is 0 Å². The highest BCUT2D eigenvalue weighted by Crippen LogP contribution is 2.42. The summed E-state index contributed by atoms with van der Waals surface area (Å²) in [5.74, 6) is -2.86. The van der Waals surface area contributed by atoms with E-state index >= 15 is 0 Å². The normalized spacial score (nSPS) is 24.6. The molecule has 2 rings (SSSR count). The van der Waals surface area contributed by atoms with Crippen LogP contribution >= 0.6 is 0 Å². The third-order valence-corrected chi connectivity index (χ3v) is 3.96. The summed E-state index contributed by atoms with van der Waals surface area (Å²) in [5, 5.41) is 11.9. The SMILES string of the molecule is CC1CC(C)(C)CC1Nc1cc(C(=O)O)c(F)cc1F. The number of rotatable bonds is 3. The van der Waals surface area contributed by atoms with Gasteiger partial charge in [0.15, 0.2) is 0 Å². The fourth-order valence-electron chi connectivity index (χ4n) is 3.11. The van der Waals surface area contributed by atoms with Crippen LogP contribution in [-0.4, -0.2) is 17.1 Å². The zero-order valence-electron chi connectivity index (χ0n) is 11.8. The minimum Gasteiger partial charge on any atom is -0.478 e. The Bertz CT molecular complexity index is 543. The summed E-state index contributed by atoms with van der Waals surface area (Å²) in [4.78, 5) is 10.9. The van der Waals surface area contributed by atoms with Crippen LogP contribution in [-0.2, 0) is 0 Å². The number of halogens is 2. The monoisotopic (exact) mass is 283 g/mol. The fourth-order valence-corrected chi connectivity index (χ4v) is 3.11. The molecule has 20 heavy (non-hydrogen) atoms. The van der Waals surface area contributed by atoms with Gasteiger partial charge in [-0.25, -0.2) is 13.6 Å². The van der Waals surface area contributed by atoms with E-state index < -0.39 is 23.2 Å². The van der Waals surface area contributed by atoms with Gasteiger partial charge < -0.3 is 10.4 Å². The maximum atomic E-state index is 13.8. The maximum Gasteiger partial charge on any atom is 0.338 e. The standard InChI is InChI=1S/C15H19F2NO2/c1-8-6-15(2,3)7-13(8)18-12-4-9(14(19)20)10(16)5-11(12)17/h4-5,8,13,18H,6-7H2,1-3H3,(H,19,20). The highest BCUT2D eigenvalue weighted by atomic mass is 19.1. The molecule has 0 heterocycles. The van der Waals surface area contributed by atoms with E-state index in [1.54, 1.807) is 0 Å². The van der Waals surface area contributed by atoms with Crippen molar-refractivity contribution >= 4 is 11.7 Å². The van der Waals surface area contributed by atoms with Gasteiger partial charge in [0, 0.05) is 12.1 Å². The first kappa shape index (κ1) is 14.8. The van der Waals surface area contributed by atoms with Crippen LogP contribution in [0, 0.1) is 23.0 Å². The number of hydrogen-bond acceptors (Lipinski definition) is 2. The molecule has 0 aliphatic heterocycles. The lowest BCUT2D eigenvalue weighted by molar-refractivity contribution is 0.0692. The third-order valence-electron chi connectivity index (χ3n) is 3.96. The van der Waals surface area contributed by atoms with Crippen LogP contribution in [0.15, 0.2) is 12.1 Å². The van der Waals surface area contributed by atoms with Crippen LogP contribution < -0.4 is 5.32 Å². The summed E-state index contributed by atoms with van der Waals surface area (Å²) in [6.45, 7) is 6.37. The number of carbonyl (C=O) groups is 1. The first-order valence-corrected chi connectivity index (χ1v) is 6.68. The Balaban J connectivity index is 2.26. The Hall–Kier alpha value is -1.65. The number of benzene rings is 1. The summed E-state index contributed by atoms with van der Waals surface area (Å²) in [7, 11) is 0. The predicted octanol–water partition coefficient (Wildman–Crippen LogP) is 3.90. The summed E-state index contributed by atoms with van der Waals surface area (Å²) in [6.07, 6.45) is 1.88. The number of carboxylic acids is 1. The average molecular weight is 283 g/mol.